The van der Waals surface area contributed by atoms with Crippen LogP contribution in [0.3, 0.4) is 0 Å². The van der Waals surface area contributed by atoms with Crippen LogP contribution in [0.25, 0.3) is 16.9 Å². The van der Waals surface area contributed by atoms with Gasteiger partial charge in [0.05, 0.1) is 11.1 Å². The zero-order chi connectivity index (χ0) is 14.4. The maximum absolute atomic E-state index is 12.7. The topological polar surface area (TPSA) is 63.6 Å². The number of hydrogen-bond acceptors (Lipinski definition) is 3. The fourth-order valence-electron chi connectivity index (χ4n) is 3.15. The minimum Gasteiger partial charge on any atom is -0.343 e. The molecule has 3 aromatic heterocycles. The monoisotopic (exact) mass is 280 g/mol. The minimum absolute atomic E-state index is 0.137. The van der Waals surface area contributed by atoms with Gasteiger partial charge in [-0.05, 0) is 44.7 Å². The smallest absolute Gasteiger partial charge is 0.196 e. The van der Waals surface area contributed by atoms with Crippen molar-refractivity contribution in [3.63, 3.8) is 0 Å². The summed E-state index contributed by atoms with van der Waals surface area (Å²) < 4.78 is 1.74. The van der Waals surface area contributed by atoms with E-state index in [-0.39, 0.29) is 5.43 Å². The molecule has 1 N–H and O–H groups in total. The average molecular weight is 280 g/mol. The number of nitrogens with one attached hydrogen (secondary N) is 1. The third-order valence-corrected chi connectivity index (χ3v) is 4.16. The van der Waals surface area contributed by atoms with Gasteiger partial charge in [-0.15, -0.1) is 0 Å². The number of aromatic amines is 1. The quantitative estimate of drug-likeness (QED) is 0.744. The molecule has 0 bridgehead atoms. The molecule has 4 rings (SSSR count). The Morgan fingerprint density at radius 1 is 1.24 bits per heavy atom. The molecule has 3 heterocycles. The summed E-state index contributed by atoms with van der Waals surface area (Å²) in [5.74, 6) is 0.724. The molecule has 0 fully saturated rings. The van der Waals surface area contributed by atoms with Gasteiger partial charge in [-0.1, -0.05) is 6.07 Å². The van der Waals surface area contributed by atoms with Crippen LogP contribution < -0.4 is 5.43 Å². The van der Waals surface area contributed by atoms with Gasteiger partial charge in [0.25, 0.3) is 0 Å². The minimum atomic E-state index is 0.137. The molecule has 0 unspecified atom stereocenters. The SMILES string of the molecule is Cc1nn(-c2ccccn2)c2[nH]c3c(c(=O)c12)CCCC3. The Hall–Kier alpha value is -2.43. The van der Waals surface area contributed by atoms with Crippen molar-refractivity contribution in [3.05, 3.63) is 51.6 Å². The van der Waals surface area contributed by atoms with Gasteiger partial charge in [-0.3, -0.25) is 4.79 Å². The summed E-state index contributed by atoms with van der Waals surface area (Å²) in [4.78, 5) is 20.5. The summed E-state index contributed by atoms with van der Waals surface area (Å²) in [6.07, 6.45) is 5.76. The molecular weight excluding hydrogens is 264 g/mol. The first kappa shape index (κ1) is 12.3. The molecule has 5 heteroatoms. The predicted molar refractivity (Wildman–Crippen MR) is 80.9 cm³/mol. The second kappa shape index (κ2) is 4.55. The second-order valence-corrected chi connectivity index (χ2v) is 5.53. The molecule has 0 amide bonds. The number of H-pyrrole nitrogens is 1. The Labute approximate surface area is 121 Å². The summed E-state index contributed by atoms with van der Waals surface area (Å²) in [6, 6.07) is 5.68. The van der Waals surface area contributed by atoms with Crippen molar-refractivity contribution < 1.29 is 0 Å². The molecule has 0 atom stereocenters. The Balaban J connectivity index is 2.07. The molecule has 0 saturated carbocycles. The molecule has 1 aliphatic carbocycles. The van der Waals surface area contributed by atoms with E-state index in [0.29, 0.717) is 5.39 Å². The molecule has 21 heavy (non-hydrogen) atoms. The van der Waals surface area contributed by atoms with Crippen LogP contribution in [0.5, 0.6) is 0 Å². The Morgan fingerprint density at radius 2 is 2.10 bits per heavy atom. The lowest BCUT2D eigenvalue weighted by molar-refractivity contribution is 0.666. The number of rotatable bonds is 1. The van der Waals surface area contributed by atoms with Gasteiger partial charge < -0.3 is 4.98 Å². The van der Waals surface area contributed by atoms with Gasteiger partial charge in [-0.25, -0.2) is 4.98 Å². The van der Waals surface area contributed by atoms with Crippen LogP contribution in [-0.2, 0) is 12.8 Å². The van der Waals surface area contributed by atoms with E-state index in [0.717, 1.165) is 54.1 Å². The summed E-state index contributed by atoms with van der Waals surface area (Å²) in [5, 5.41) is 5.21. The lowest BCUT2D eigenvalue weighted by atomic mass is 9.95. The van der Waals surface area contributed by atoms with Crippen LogP contribution in [0.4, 0.5) is 0 Å². The highest BCUT2D eigenvalue weighted by Gasteiger charge is 2.20. The molecule has 0 radical (unpaired) electrons. The largest absolute Gasteiger partial charge is 0.343 e. The first-order valence-electron chi connectivity index (χ1n) is 7.30. The van der Waals surface area contributed by atoms with Gasteiger partial charge in [-0.2, -0.15) is 9.78 Å². The van der Waals surface area contributed by atoms with Gasteiger partial charge >= 0.3 is 0 Å². The Kier molecular flexibility index (Phi) is 2.67. The third kappa shape index (κ3) is 1.81. The van der Waals surface area contributed by atoms with Crippen molar-refractivity contribution in [3.8, 4) is 5.82 Å². The second-order valence-electron chi connectivity index (χ2n) is 5.53. The number of aryl methyl sites for hydroxylation is 2. The van der Waals surface area contributed by atoms with Crippen molar-refractivity contribution in [1.29, 1.82) is 0 Å². The lowest BCUT2D eigenvalue weighted by Crippen LogP contribution is -2.19. The van der Waals surface area contributed by atoms with Crippen LogP contribution in [0.2, 0.25) is 0 Å². The number of pyridine rings is 2. The Bertz CT molecular complexity index is 877. The first-order chi connectivity index (χ1) is 10.3. The number of aromatic nitrogens is 4. The third-order valence-electron chi connectivity index (χ3n) is 4.16. The number of fused-ring (bicyclic) bond motifs is 2. The zero-order valence-electron chi connectivity index (χ0n) is 11.9. The fraction of sp³-hybridized carbons (Fsp3) is 0.312. The van der Waals surface area contributed by atoms with Crippen LogP contribution in [-0.4, -0.2) is 19.7 Å². The van der Waals surface area contributed by atoms with Gasteiger partial charge in [0.15, 0.2) is 11.2 Å². The molecule has 0 aliphatic heterocycles. The van der Waals surface area contributed by atoms with Gasteiger partial charge in [0.2, 0.25) is 0 Å². The highest BCUT2D eigenvalue weighted by molar-refractivity contribution is 5.80. The van der Waals surface area contributed by atoms with Crippen LogP contribution in [0, 0.1) is 6.92 Å². The van der Waals surface area contributed by atoms with Crippen molar-refractivity contribution in [2.24, 2.45) is 0 Å². The van der Waals surface area contributed by atoms with Crippen molar-refractivity contribution in [2.45, 2.75) is 32.6 Å². The van der Waals surface area contributed by atoms with E-state index in [1.165, 1.54) is 0 Å². The zero-order valence-corrected chi connectivity index (χ0v) is 11.9. The summed E-state index contributed by atoms with van der Waals surface area (Å²) in [6.45, 7) is 1.88. The van der Waals surface area contributed by atoms with Crippen LogP contribution >= 0.6 is 0 Å². The lowest BCUT2D eigenvalue weighted by Gasteiger charge is -2.15. The summed E-state index contributed by atoms with van der Waals surface area (Å²) >= 11 is 0. The van der Waals surface area contributed by atoms with Crippen molar-refractivity contribution >= 4 is 11.0 Å². The van der Waals surface area contributed by atoms with Crippen molar-refractivity contribution in [1.82, 2.24) is 19.7 Å². The van der Waals surface area contributed by atoms with E-state index >= 15 is 0 Å². The standard InChI is InChI=1S/C16H16N4O/c1-10-14-15(21)11-6-2-3-7-12(11)18-16(14)20(19-10)13-8-4-5-9-17-13/h4-5,8-9H,2-3,6-7H2,1H3,(H,18,21). The van der Waals surface area contributed by atoms with E-state index in [4.69, 9.17) is 0 Å². The van der Waals surface area contributed by atoms with Gasteiger partial charge in [0, 0.05) is 17.5 Å². The van der Waals surface area contributed by atoms with E-state index in [1.807, 2.05) is 25.1 Å². The predicted octanol–water partition coefficient (Wildman–Crippen LogP) is 2.30. The first-order valence-corrected chi connectivity index (χ1v) is 7.30. The molecule has 0 spiro atoms. The van der Waals surface area contributed by atoms with Crippen LogP contribution in [0.15, 0.2) is 29.2 Å². The highest BCUT2D eigenvalue weighted by Crippen LogP contribution is 2.22. The molecule has 106 valence electrons. The maximum atomic E-state index is 12.7. The molecule has 0 aromatic carbocycles. The summed E-state index contributed by atoms with van der Waals surface area (Å²) in [5.41, 5.74) is 3.66. The normalized spacial score (nSPS) is 14.3. The van der Waals surface area contributed by atoms with Gasteiger partial charge in [0.1, 0.15) is 5.65 Å². The highest BCUT2D eigenvalue weighted by atomic mass is 16.1. The molecule has 5 nitrogen and oxygen atoms in total. The number of hydrogen-bond donors (Lipinski definition) is 1. The maximum Gasteiger partial charge on any atom is 0.196 e. The van der Waals surface area contributed by atoms with E-state index in [1.54, 1.807) is 10.9 Å². The summed E-state index contributed by atoms with van der Waals surface area (Å²) in [7, 11) is 0. The van der Waals surface area contributed by atoms with E-state index in [2.05, 4.69) is 15.1 Å². The molecular formula is C16H16N4O. The van der Waals surface area contributed by atoms with E-state index in [9.17, 15) is 4.79 Å². The molecule has 0 saturated heterocycles. The molecule has 3 aromatic rings. The van der Waals surface area contributed by atoms with Crippen LogP contribution in [0.1, 0.15) is 29.8 Å². The number of nitrogens with zero attached hydrogens (tertiary/aromatic N) is 3. The Morgan fingerprint density at radius 3 is 2.90 bits per heavy atom. The van der Waals surface area contributed by atoms with E-state index < -0.39 is 0 Å². The fourth-order valence-corrected chi connectivity index (χ4v) is 3.15. The van der Waals surface area contributed by atoms with Crippen molar-refractivity contribution in [2.75, 3.05) is 0 Å². The molecule has 1 aliphatic rings. The average Bonchev–Trinajstić information content (AvgIpc) is 2.86.